The zero-order chi connectivity index (χ0) is 35.4. The second-order valence-corrected chi connectivity index (χ2v) is 12.6. The van der Waals surface area contributed by atoms with Gasteiger partial charge in [-0.2, -0.15) is 5.01 Å². The summed E-state index contributed by atoms with van der Waals surface area (Å²) in [5, 5.41) is 13.0. The molecule has 0 saturated carbocycles. The Bertz CT molecular complexity index is 2150. The number of hydrazine groups is 1. The molecule has 250 valence electrons. The molecule has 0 aromatic heterocycles. The van der Waals surface area contributed by atoms with E-state index in [0.29, 0.717) is 5.56 Å². The van der Waals surface area contributed by atoms with Gasteiger partial charge in [-0.15, -0.1) is 0 Å². The molecule has 11 nitrogen and oxygen atoms in total. The third-order valence-corrected chi connectivity index (χ3v) is 9.92. The van der Waals surface area contributed by atoms with Crippen molar-refractivity contribution in [3.05, 3.63) is 176 Å². The molecule has 51 heavy (non-hydrogen) atoms. The van der Waals surface area contributed by atoms with Crippen LogP contribution in [0.25, 0.3) is 0 Å². The summed E-state index contributed by atoms with van der Waals surface area (Å²) in [5.41, 5.74) is 3.96. The minimum atomic E-state index is -0.852. The number of imide groups is 1. The second-order valence-electron chi connectivity index (χ2n) is 12.6. The molecule has 0 unspecified atom stereocenters. The van der Waals surface area contributed by atoms with Crippen molar-refractivity contribution in [2.24, 2.45) is 11.8 Å². The topological polar surface area (TPSA) is 144 Å². The Morgan fingerprint density at radius 1 is 0.627 bits per heavy atom. The molecule has 11 heteroatoms. The quantitative estimate of drug-likeness (QED) is 0.0490. The molecule has 2 atom stereocenters. The normalized spacial score (nSPS) is 19.5. The summed E-state index contributed by atoms with van der Waals surface area (Å²) >= 11 is 0. The second kappa shape index (κ2) is 12.3. The highest BCUT2D eigenvalue weighted by molar-refractivity contribution is 6.11. The number of nitro groups is 1. The van der Waals surface area contributed by atoms with Gasteiger partial charge in [-0.1, -0.05) is 66.7 Å². The smallest absolute Gasteiger partial charge is 0.343 e. The van der Waals surface area contributed by atoms with E-state index in [1.165, 1.54) is 36.4 Å². The summed E-state index contributed by atoms with van der Waals surface area (Å²) in [6.45, 7) is -0.689. The van der Waals surface area contributed by atoms with Crippen molar-refractivity contribution in [1.82, 2.24) is 10.0 Å². The van der Waals surface area contributed by atoms with Crippen molar-refractivity contribution in [3.8, 4) is 5.75 Å². The Labute approximate surface area is 290 Å². The Morgan fingerprint density at radius 3 is 1.59 bits per heavy atom. The first kappa shape index (κ1) is 31.5. The lowest BCUT2D eigenvalue weighted by molar-refractivity contribution is -0.384. The van der Waals surface area contributed by atoms with Gasteiger partial charge in [-0.25, -0.2) is 9.80 Å². The van der Waals surface area contributed by atoms with Gasteiger partial charge < -0.3 is 4.74 Å². The van der Waals surface area contributed by atoms with Gasteiger partial charge in [0.2, 0.25) is 0 Å². The fourth-order valence-electron chi connectivity index (χ4n) is 7.68. The molecule has 0 N–H and O–H groups in total. The first-order valence-electron chi connectivity index (χ1n) is 16.2. The lowest BCUT2D eigenvalue weighted by Gasteiger charge is -2.45. The molecule has 5 aromatic carbocycles. The number of esters is 1. The third kappa shape index (κ3) is 5.18. The SMILES string of the molecule is O=C(CN(C(=O)c1ccc([N+](=O)[O-])cc1)N1C(=O)[C@H]2C3c4ccccc4C(c4ccccc43)[C@@H]2C1=O)c1ccc(OC(=O)c2ccccc2)cc1. The maximum Gasteiger partial charge on any atom is 0.343 e. The molecule has 9 rings (SSSR count). The van der Waals surface area contributed by atoms with Gasteiger partial charge in [-0.3, -0.25) is 29.3 Å². The van der Waals surface area contributed by atoms with Crippen LogP contribution in [0, 0.1) is 22.0 Å². The standard InChI is InChI=1S/C40H27N3O8/c44-32(23-16-20-27(21-17-23)51-40(48)25-8-2-1-3-9-25)22-41(37(45)24-14-18-26(19-15-24)43(49)50)42-38(46)35-33-28-10-4-5-11-29(28)34(36(35)39(42)47)31-13-7-6-12-30(31)33/h1-21,33-36H,22H2/t33?,34?,35-,36-/m0/s1. The molecule has 1 saturated heterocycles. The van der Waals surface area contributed by atoms with E-state index < -0.39 is 64.6 Å². The van der Waals surface area contributed by atoms with Gasteiger partial charge in [0.05, 0.1) is 22.3 Å². The highest BCUT2D eigenvalue weighted by Gasteiger charge is 2.63. The molecule has 3 amide bonds. The average molecular weight is 678 g/mol. The molecule has 1 heterocycles. The summed E-state index contributed by atoms with van der Waals surface area (Å²) in [5.74, 6) is -5.56. The number of benzene rings is 5. The van der Waals surface area contributed by atoms with Crippen molar-refractivity contribution in [2.45, 2.75) is 11.8 Å². The van der Waals surface area contributed by atoms with E-state index in [1.54, 1.807) is 30.3 Å². The number of hydrogen-bond donors (Lipinski definition) is 0. The Hall–Kier alpha value is -6.75. The molecule has 0 spiro atoms. The van der Waals surface area contributed by atoms with E-state index in [-0.39, 0.29) is 22.6 Å². The minimum Gasteiger partial charge on any atom is -0.423 e. The largest absolute Gasteiger partial charge is 0.423 e. The number of amides is 3. The average Bonchev–Trinajstić information content (AvgIpc) is 3.43. The number of carbonyl (C=O) groups is 5. The van der Waals surface area contributed by atoms with E-state index in [9.17, 15) is 34.1 Å². The van der Waals surface area contributed by atoms with Crippen LogP contribution in [0.1, 0.15) is 65.2 Å². The zero-order valence-electron chi connectivity index (χ0n) is 26.7. The van der Waals surface area contributed by atoms with Crippen LogP contribution >= 0.6 is 0 Å². The van der Waals surface area contributed by atoms with Gasteiger partial charge in [0, 0.05) is 35.1 Å². The van der Waals surface area contributed by atoms with Crippen LogP contribution in [0.4, 0.5) is 5.69 Å². The van der Waals surface area contributed by atoms with E-state index in [2.05, 4.69) is 0 Å². The number of ketones is 1. The van der Waals surface area contributed by atoms with Crippen LogP contribution in [0.15, 0.2) is 127 Å². The van der Waals surface area contributed by atoms with Gasteiger partial charge in [0.25, 0.3) is 23.4 Å². The van der Waals surface area contributed by atoms with Crippen molar-refractivity contribution in [1.29, 1.82) is 0 Å². The Balaban J connectivity index is 1.13. The number of ether oxygens (including phenoxy) is 1. The highest BCUT2D eigenvalue weighted by Crippen LogP contribution is 2.61. The first-order valence-corrected chi connectivity index (χ1v) is 16.2. The summed E-state index contributed by atoms with van der Waals surface area (Å²) in [6, 6.07) is 34.3. The molecular weight excluding hydrogens is 650 g/mol. The molecule has 2 bridgehead atoms. The fourth-order valence-corrected chi connectivity index (χ4v) is 7.68. The van der Waals surface area contributed by atoms with Crippen LogP contribution in [-0.2, 0) is 9.59 Å². The van der Waals surface area contributed by atoms with E-state index >= 15 is 0 Å². The predicted octanol–water partition coefficient (Wildman–Crippen LogP) is 5.95. The lowest BCUT2D eigenvalue weighted by Crippen LogP contribution is -2.52. The van der Waals surface area contributed by atoms with Crippen LogP contribution < -0.4 is 4.74 Å². The van der Waals surface area contributed by atoms with Crippen LogP contribution in [0.5, 0.6) is 5.75 Å². The minimum absolute atomic E-state index is 0.0541. The van der Waals surface area contributed by atoms with Gasteiger partial charge in [-0.05, 0) is 70.8 Å². The Morgan fingerprint density at radius 2 is 1.10 bits per heavy atom. The van der Waals surface area contributed by atoms with Crippen molar-refractivity contribution >= 4 is 35.2 Å². The highest BCUT2D eigenvalue weighted by atomic mass is 16.6. The summed E-state index contributed by atoms with van der Waals surface area (Å²) in [4.78, 5) is 80.3. The van der Waals surface area contributed by atoms with Gasteiger partial charge >= 0.3 is 5.97 Å². The fraction of sp³-hybridized carbons (Fsp3) is 0.125. The number of rotatable bonds is 8. The zero-order valence-corrected chi connectivity index (χ0v) is 26.7. The molecule has 1 fully saturated rings. The predicted molar refractivity (Wildman–Crippen MR) is 182 cm³/mol. The van der Waals surface area contributed by atoms with Gasteiger partial charge in [0.1, 0.15) is 12.3 Å². The van der Waals surface area contributed by atoms with Crippen molar-refractivity contribution in [2.75, 3.05) is 6.54 Å². The maximum atomic E-state index is 14.5. The molecule has 1 aliphatic heterocycles. The lowest BCUT2D eigenvalue weighted by atomic mass is 9.55. The molecule has 4 aliphatic rings. The number of nitrogens with zero attached hydrogens (tertiary/aromatic N) is 3. The number of non-ortho nitro benzene ring substituents is 1. The van der Waals surface area contributed by atoms with Gasteiger partial charge in [0.15, 0.2) is 5.78 Å². The number of hydrogen-bond acceptors (Lipinski definition) is 8. The van der Waals surface area contributed by atoms with Crippen molar-refractivity contribution < 1.29 is 33.6 Å². The van der Waals surface area contributed by atoms with Crippen molar-refractivity contribution in [3.63, 3.8) is 0 Å². The van der Waals surface area contributed by atoms with E-state index in [0.717, 1.165) is 44.4 Å². The number of Topliss-reactive ketones (excluding diaryl/α,β-unsaturated/α-hetero) is 1. The molecule has 5 aromatic rings. The monoisotopic (exact) mass is 677 g/mol. The summed E-state index contributed by atoms with van der Waals surface area (Å²) in [6.07, 6.45) is 0. The summed E-state index contributed by atoms with van der Waals surface area (Å²) in [7, 11) is 0. The van der Waals surface area contributed by atoms with Crippen LogP contribution in [0.3, 0.4) is 0 Å². The van der Waals surface area contributed by atoms with Crippen LogP contribution in [-0.4, -0.2) is 51.0 Å². The van der Waals surface area contributed by atoms with E-state index in [1.807, 2.05) is 48.5 Å². The molecule has 0 radical (unpaired) electrons. The third-order valence-electron chi connectivity index (χ3n) is 9.92. The number of nitro benzene ring substituents is 1. The molecule has 3 aliphatic carbocycles. The maximum absolute atomic E-state index is 14.5. The van der Waals surface area contributed by atoms with E-state index in [4.69, 9.17) is 4.74 Å². The Kier molecular flexibility index (Phi) is 7.60. The van der Waals surface area contributed by atoms with Crippen LogP contribution in [0.2, 0.25) is 0 Å². The summed E-state index contributed by atoms with van der Waals surface area (Å²) < 4.78 is 5.42. The first-order chi connectivity index (χ1) is 24.7. The molecular formula is C40H27N3O8. The number of carbonyl (C=O) groups excluding carboxylic acids is 5.